The number of carbonyl (C=O) groups excluding carboxylic acids is 3. The minimum absolute atomic E-state index is 0. The molecular formula is C24H33Cl2F2I3N4O12S3. The number of nitrogens with zero attached hydrogens (tertiary/aromatic N) is 2. The summed E-state index contributed by atoms with van der Waals surface area (Å²) in [4.78, 5) is 32.3. The number of sulfonamides is 2. The van der Waals surface area contributed by atoms with Gasteiger partial charge < -0.3 is 4.74 Å². The zero-order valence-electron chi connectivity index (χ0n) is 25.8. The standard InChI is InChI=1S/C7H6ClFINO2S.C7H7ClFNO2S.C5H6I2N2O2.C4H8O2.CH4.H2O4S/c1-14(12,13)11-7-3-5(9)4(8)2-6(7)10;1-13(11,12)10-5-2-3-6(8)7(9)4-5;1-5(2)3(10)8(6)4(11)9(5)7;1-3-6-4(2)5;;1-5(2,3)4/h2-3,11H,1H3;2-4,10H,1H3;1-2H3;3H2,1-2H3;1H4;(H2,1,2,3,4). The van der Waals surface area contributed by atoms with E-state index in [1.54, 1.807) is 43.6 Å². The monoisotopic (exact) mass is 1150 g/mol. The van der Waals surface area contributed by atoms with E-state index in [0.717, 1.165) is 27.8 Å². The van der Waals surface area contributed by atoms with Crippen LogP contribution in [-0.4, -0.2) is 83.2 Å². The summed E-state index contributed by atoms with van der Waals surface area (Å²) in [6, 6.07) is 5.82. The highest BCUT2D eigenvalue weighted by Crippen LogP contribution is 2.32. The van der Waals surface area contributed by atoms with Gasteiger partial charge in [0.2, 0.25) is 20.0 Å². The van der Waals surface area contributed by atoms with Crippen LogP contribution in [0.5, 0.6) is 0 Å². The molecule has 0 saturated carbocycles. The fourth-order valence-electron chi connectivity index (χ4n) is 2.50. The van der Waals surface area contributed by atoms with E-state index in [2.05, 4.69) is 14.2 Å². The van der Waals surface area contributed by atoms with Gasteiger partial charge in [0.05, 0.1) is 86.3 Å². The Morgan fingerprint density at radius 2 is 1.36 bits per heavy atom. The van der Waals surface area contributed by atoms with Gasteiger partial charge in [0, 0.05) is 16.6 Å². The van der Waals surface area contributed by atoms with Crippen molar-refractivity contribution in [2.75, 3.05) is 28.6 Å². The fraction of sp³-hybridized carbons (Fsp3) is 0.375. The van der Waals surface area contributed by atoms with Crippen LogP contribution in [0.1, 0.15) is 35.1 Å². The number of urea groups is 1. The summed E-state index contributed by atoms with van der Waals surface area (Å²) in [7, 11) is -11.4. The molecule has 3 rings (SSSR count). The van der Waals surface area contributed by atoms with Crippen molar-refractivity contribution in [2.24, 2.45) is 0 Å². The van der Waals surface area contributed by atoms with Gasteiger partial charge in [-0.1, -0.05) is 30.6 Å². The predicted octanol–water partition coefficient (Wildman–Crippen LogP) is 6.59. The van der Waals surface area contributed by atoms with E-state index in [0.29, 0.717) is 10.2 Å². The van der Waals surface area contributed by atoms with E-state index >= 15 is 0 Å². The summed E-state index contributed by atoms with van der Waals surface area (Å²) in [6.07, 6.45) is 1.98. The molecule has 1 fully saturated rings. The van der Waals surface area contributed by atoms with E-state index in [1.165, 1.54) is 28.2 Å². The quantitative estimate of drug-likeness (QED) is 0.0621. The van der Waals surface area contributed by atoms with Crippen LogP contribution in [0.4, 0.5) is 25.0 Å². The lowest BCUT2D eigenvalue weighted by Crippen LogP contribution is -2.37. The van der Waals surface area contributed by atoms with Crippen LogP contribution in [0, 0.1) is 15.2 Å². The summed E-state index contributed by atoms with van der Waals surface area (Å²) >= 11 is 16.3. The van der Waals surface area contributed by atoms with Crippen molar-refractivity contribution in [1.29, 1.82) is 0 Å². The van der Waals surface area contributed by atoms with Gasteiger partial charge >= 0.3 is 22.4 Å². The molecular weight excluding hydrogens is 1120 g/mol. The van der Waals surface area contributed by atoms with Crippen LogP contribution in [0.3, 0.4) is 0 Å². The SMILES string of the molecule is C.CC1(C)C(=O)N(I)C(=O)N1I.CCOC(C)=O.CS(=O)(=O)Nc1cc(F)c(Cl)cc1I.CS(=O)(=O)Nc1ccc(Cl)c(F)c1.O=S(=O)(O)O. The second kappa shape index (κ2) is 22.8. The van der Waals surface area contributed by atoms with Crippen molar-refractivity contribution in [3.8, 4) is 0 Å². The number of hydrogen-bond acceptors (Lipinski definition) is 10. The molecule has 1 aliphatic heterocycles. The van der Waals surface area contributed by atoms with Gasteiger partial charge in [-0.15, -0.1) is 0 Å². The second-order valence-corrected chi connectivity index (χ2v) is 17.5. The molecule has 0 radical (unpaired) electrons. The summed E-state index contributed by atoms with van der Waals surface area (Å²) in [5.41, 5.74) is -0.349. The van der Waals surface area contributed by atoms with Gasteiger partial charge in [0.1, 0.15) is 17.2 Å². The Labute approximate surface area is 341 Å². The molecule has 1 saturated heterocycles. The number of nitrogens with one attached hydrogen (secondary N) is 2. The number of carbonyl (C=O) groups is 3. The average molecular weight is 1160 g/mol. The molecule has 288 valence electrons. The van der Waals surface area contributed by atoms with Crippen molar-refractivity contribution < 1.29 is 62.3 Å². The molecule has 1 heterocycles. The lowest BCUT2D eigenvalue weighted by Gasteiger charge is -2.19. The number of hydrogen-bond donors (Lipinski definition) is 4. The summed E-state index contributed by atoms with van der Waals surface area (Å²) in [5, 5.41) is -0.0764. The van der Waals surface area contributed by atoms with Gasteiger partial charge in [-0.3, -0.25) is 31.3 Å². The maximum absolute atomic E-state index is 13.0. The number of ether oxygens (including phenoxy) is 1. The Hall–Kier alpha value is -1.15. The first-order valence-corrected chi connectivity index (χ1v) is 21.2. The number of esters is 1. The van der Waals surface area contributed by atoms with E-state index in [4.69, 9.17) is 40.7 Å². The summed E-state index contributed by atoms with van der Waals surface area (Å²) in [6.45, 7) is 7.09. The number of benzene rings is 2. The van der Waals surface area contributed by atoms with Gasteiger partial charge in [-0.05, 0) is 67.6 Å². The number of halogens is 7. The van der Waals surface area contributed by atoms with Gasteiger partial charge in [-0.25, -0.2) is 30.4 Å². The Bertz CT molecular complexity index is 1820. The lowest BCUT2D eigenvalue weighted by molar-refractivity contribution is -0.140. The number of rotatable bonds is 5. The van der Waals surface area contributed by atoms with Crippen molar-refractivity contribution in [2.45, 2.75) is 40.7 Å². The van der Waals surface area contributed by atoms with Crippen LogP contribution >= 0.6 is 91.5 Å². The third-order valence-corrected chi connectivity index (χ3v) is 9.56. The van der Waals surface area contributed by atoms with Crippen molar-refractivity contribution in [1.82, 2.24) is 6.23 Å². The first-order chi connectivity index (χ1) is 21.8. The van der Waals surface area contributed by atoms with E-state index < -0.39 is 47.6 Å². The minimum atomic E-state index is -4.67. The highest BCUT2D eigenvalue weighted by atomic mass is 127. The first-order valence-electron chi connectivity index (χ1n) is 12.2. The molecule has 0 aliphatic carbocycles. The van der Waals surface area contributed by atoms with Crippen molar-refractivity contribution >= 4 is 151 Å². The molecule has 1 aliphatic rings. The molecule has 0 atom stereocenters. The Balaban J connectivity index is -0.000000576. The third kappa shape index (κ3) is 23.4. The Kier molecular flexibility index (Phi) is 24.3. The summed E-state index contributed by atoms with van der Waals surface area (Å²) in [5.74, 6) is -1.69. The molecule has 0 bridgehead atoms. The fourth-order valence-corrected chi connectivity index (χ4v) is 6.52. The highest BCUT2D eigenvalue weighted by Gasteiger charge is 2.49. The van der Waals surface area contributed by atoms with Crippen LogP contribution in [0.15, 0.2) is 30.3 Å². The zero-order chi connectivity index (χ0) is 39.3. The maximum Gasteiger partial charge on any atom is 0.394 e. The van der Waals surface area contributed by atoms with Crippen molar-refractivity contribution in [3.05, 3.63) is 55.6 Å². The van der Waals surface area contributed by atoms with Gasteiger partial charge in [0.25, 0.3) is 5.91 Å². The van der Waals surface area contributed by atoms with E-state index in [9.17, 15) is 40.0 Å². The predicted molar refractivity (Wildman–Crippen MR) is 212 cm³/mol. The molecule has 26 heteroatoms. The Morgan fingerprint density at radius 3 is 1.64 bits per heavy atom. The van der Waals surface area contributed by atoms with Crippen LogP contribution < -0.4 is 9.44 Å². The molecule has 3 amide bonds. The highest BCUT2D eigenvalue weighted by molar-refractivity contribution is 14.1. The topological polar surface area (TPSA) is 234 Å². The zero-order valence-corrected chi connectivity index (χ0v) is 36.3. The van der Waals surface area contributed by atoms with E-state index in [1.807, 2.05) is 45.5 Å². The van der Waals surface area contributed by atoms with Crippen LogP contribution in [0.25, 0.3) is 0 Å². The Morgan fingerprint density at radius 1 is 0.920 bits per heavy atom. The van der Waals surface area contributed by atoms with E-state index in [-0.39, 0.29) is 46.8 Å². The largest absolute Gasteiger partial charge is 0.466 e. The average Bonchev–Trinajstić information content (AvgIpc) is 3.02. The number of anilines is 2. The molecule has 0 aromatic heterocycles. The van der Waals surface area contributed by atoms with Gasteiger partial charge in [-0.2, -0.15) is 11.5 Å². The summed E-state index contributed by atoms with van der Waals surface area (Å²) < 4.78 is 112. The molecule has 16 nitrogen and oxygen atoms in total. The van der Waals surface area contributed by atoms with Crippen molar-refractivity contribution in [3.63, 3.8) is 0 Å². The molecule has 2 aromatic carbocycles. The molecule has 50 heavy (non-hydrogen) atoms. The van der Waals surface area contributed by atoms with Crippen LogP contribution in [0.2, 0.25) is 10.0 Å². The third-order valence-electron chi connectivity index (χ3n) is 4.40. The number of imide groups is 1. The maximum atomic E-state index is 13.0. The molecule has 4 N–H and O–H groups in total. The first kappa shape index (κ1) is 53.2. The second-order valence-electron chi connectivity index (χ2n) is 9.20. The van der Waals surface area contributed by atoms with Crippen LogP contribution in [-0.2, 0) is 44.8 Å². The lowest BCUT2D eigenvalue weighted by atomic mass is 10.1. The molecule has 0 unspecified atom stereocenters. The smallest absolute Gasteiger partial charge is 0.394 e. The molecule has 0 spiro atoms. The molecule has 2 aromatic rings. The minimum Gasteiger partial charge on any atom is -0.466 e. The van der Waals surface area contributed by atoms with Gasteiger partial charge in [0.15, 0.2) is 0 Å². The number of amides is 3. The normalized spacial score (nSPS) is 13.3.